The van der Waals surface area contributed by atoms with E-state index in [4.69, 9.17) is 5.11 Å². The van der Waals surface area contributed by atoms with Crippen LogP contribution in [0.3, 0.4) is 0 Å². The number of nitrogens with one attached hydrogen (secondary N) is 1. The molecule has 0 aliphatic heterocycles. The number of likely N-dealkylation sites (N-methyl/N-ethyl adjacent to an activating group) is 1. The molecule has 0 saturated carbocycles. The molecule has 0 saturated heterocycles. The maximum absolute atomic E-state index is 12.1. The second-order valence-corrected chi connectivity index (χ2v) is 4.37. The van der Waals surface area contributed by atoms with Gasteiger partial charge in [0.25, 0.3) is 5.91 Å². The SMILES string of the molecule is CN(C)CCN(CC(=O)O)C(=O)c1ccc(=O)[nH]c1. The summed E-state index contributed by atoms with van der Waals surface area (Å²) in [4.78, 5) is 39.3. The summed E-state index contributed by atoms with van der Waals surface area (Å²) in [6.45, 7) is 0.492. The molecular weight excluding hydrogens is 250 g/mol. The highest BCUT2D eigenvalue weighted by atomic mass is 16.4. The Morgan fingerprint density at radius 2 is 1.95 bits per heavy atom. The molecule has 1 aromatic heterocycles. The number of carboxylic acids is 1. The van der Waals surface area contributed by atoms with Crippen LogP contribution in [-0.2, 0) is 4.79 Å². The summed E-state index contributed by atoms with van der Waals surface area (Å²) >= 11 is 0. The summed E-state index contributed by atoms with van der Waals surface area (Å²) in [7, 11) is 3.67. The van der Waals surface area contributed by atoms with Gasteiger partial charge in [0.1, 0.15) is 6.54 Å². The minimum atomic E-state index is -1.07. The number of amides is 1. The second-order valence-electron chi connectivity index (χ2n) is 4.37. The zero-order valence-electron chi connectivity index (χ0n) is 10.9. The number of aliphatic carboxylic acids is 1. The number of hydrogen-bond acceptors (Lipinski definition) is 4. The van der Waals surface area contributed by atoms with E-state index in [1.54, 1.807) is 0 Å². The van der Waals surface area contributed by atoms with Gasteiger partial charge in [-0.05, 0) is 20.2 Å². The minimum absolute atomic E-state index is 0.264. The van der Waals surface area contributed by atoms with Gasteiger partial charge >= 0.3 is 5.97 Å². The topological polar surface area (TPSA) is 93.7 Å². The van der Waals surface area contributed by atoms with E-state index >= 15 is 0 Å². The normalized spacial score (nSPS) is 10.5. The van der Waals surface area contributed by atoms with Gasteiger partial charge in [0.05, 0.1) is 5.56 Å². The van der Waals surface area contributed by atoms with Crippen molar-refractivity contribution in [3.8, 4) is 0 Å². The number of nitrogens with zero attached hydrogens (tertiary/aromatic N) is 2. The molecule has 0 bridgehead atoms. The first kappa shape index (κ1) is 14.9. The number of carboxylic acid groups (broad SMARTS) is 1. The molecule has 0 spiro atoms. The summed E-state index contributed by atoms with van der Waals surface area (Å²) in [5.41, 5.74) is -0.0470. The van der Waals surface area contributed by atoms with Crippen molar-refractivity contribution in [1.29, 1.82) is 0 Å². The van der Waals surface area contributed by atoms with E-state index in [1.807, 2.05) is 19.0 Å². The van der Waals surface area contributed by atoms with E-state index in [9.17, 15) is 14.4 Å². The quantitative estimate of drug-likeness (QED) is 0.722. The fraction of sp³-hybridized carbons (Fsp3) is 0.417. The maximum Gasteiger partial charge on any atom is 0.323 e. The van der Waals surface area contributed by atoms with Crippen molar-refractivity contribution in [2.75, 3.05) is 33.7 Å². The molecule has 1 aromatic rings. The summed E-state index contributed by atoms with van der Waals surface area (Å²) in [5.74, 6) is -1.49. The number of pyridine rings is 1. The van der Waals surface area contributed by atoms with Gasteiger partial charge in [-0.25, -0.2) is 0 Å². The fourth-order valence-electron chi connectivity index (χ4n) is 1.46. The van der Waals surface area contributed by atoms with Crippen LogP contribution in [0.1, 0.15) is 10.4 Å². The second kappa shape index (κ2) is 6.69. The highest BCUT2D eigenvalue weighted by Crippen LogP contribution is 2.02. The van der Waals surface area contributed by atoms with Crippen molar-refractivity contribution in [3.05, 3.63) is 34.2 Å². The van der Waals surface area contributed by atoms with E-state index in [0.29, 0.717) is 13.1 Å². The van der Waals surface area contributed by atoms with Crippen molar-refractivity contribution in [3.63, 3.8) is 0 Å². The lowest BCUT2D eigenvalue weighted by molar-refractivity contribution is -0.137. The third kappa shape index (κ3) is 4.92. The number of carbonyl (C=O) groups excluding carboxylic acids is 1. The zero-order chi connectivity index (χ0) is 14.4. The minimum Gasteiger partial charge on any atom is -0.480 e. The van der Waals surface area contributed by atoms with Crippen LogP contribution in [0, 0.1) is 0 Å². The Morgan fingerprint density at radius 3 is 2.42 bits per heavy atom. The van der Waals surface area contributed by atoms with E-state index in [2.05, 4.69) is 4.98 Å². The molecule has 104 valence electrons. The van der Waals surface area contributed by atoms with Gasteiger partial charge in [-0.3, -0.25) is 14.4 Å². The lowest BCUT2D eigenvalue weighted by atomic mass is 10.2. The van der Waals surface area contributed by atoms with Gasteiger partial charge < -0.3 is 19.9 Å². The molecule has 0 aliphatic rings. The maximum atomic E-state index is 12.1. The number of rotatable bonds is 6. The van der Waals surface area contributed by atoms with Gasteiger partial charge in [-0.15, -0.1) is 0 Å². The molecule has 7 heteroatoms. The van der Waals surface area contributed by atoms with Gasteiger partial charge in [0, 0.05) is 25.4 Å². The molecule has 0 aliphatic carbocycles. The summed E-state index contributed by atoms with van der Waals surface area (Å²) in [5, 5.41) is 8.82. The first-order chi connectivity index (χ1) is 8.90. The number of hydrogen-bond donors (Lipinski definition) is 2. The largest absolute Gasteiger partial charge is 0.480 e. The summed E-state index contributed by atoms with van der Waals surface area (Å²) in [6.07, 6.45) is 1.29. The van der Waals surface area contributed by atoms with Crippen molar-refractivity contribution in [2.24, 2.45) is 0 Å². The smallest absolute Gasteiger partial charge is 0.323 e. The van der Waals surface area contributed by atoms with Crippen LogP contribution in [-0.4, -0.2) is 65.5 Å². The molecule has 1 rings (SSSR count). The summed E-state index contributed by atoms with van der Waals surface area (Å²) < 4.78 is 0. The highest BCUT2D eigenvalue weighted by Gasteiger charge is 2.18. The van der Waals surface area contributed by atoms with Gasteiger partial charge in [-0.1, -0.05) is 0 Å². The van der Waals surface area contributed by atoms with Crippen molar-refractivity contribution in [2.45, 2.75) is 0 Å². The van der Waals surface area contributed by atoms with Crippen LogP contribution >= 0.6 is 0 Å². The standard InChI is InChI=1S/C12H17N3O4/c1-14(2)5-6-15(8-11(17)18)12(19)9-3-4-10(16)13-7-9/h3-4,7H,5-6,8H2,1-2H3,(H,13,16)(H,17,18). The third-order valence-electron chi connectivity index (χ3n) is 2.46. The molecule has 2 N–H and O–H groups in total. The molecular formula is C12H17N3O4. The number of carbonyl (C=O) groups is 2. The van der Waals surface area contributed by atoms with Gasteiger partial charge in [0.15, 0.2) is 0 Å². The van der Waals surface area contributed by atoms with E-state index in [1.165, 1.54) is 23.2 Å². The van der Waals surface area contributed by atoms with Crippen molar-refractivity contribution < 1.29 is 14.7 Å². The number of H-pyrrole nitrogens is 1. The Morgan fingerprint density at radius 1 is 1.26 bits per heavy atom. The average molecular weight is 267 g/mol. The van der Waals surface area contributed by atoms with Crippen molar-refractivity contribution >= 4 is 11.9 Å². The van der Waals surface area contributed by atoms with Crippen LogP contribution in [0.4, 0.5) is 0 Å². The average Bonchev–Trinajstić information content (AvgIpc) is 2.34. The monoisotopic (exact) mass is 267 g/mol. The summed E-state index contributed by atoms with van der Waals surface area (Å²) in [6, 6.07) is 2.61. The number of aromatic nitrogens is 1. The van der Waals surface area contributed by atoms with E-state index in [0.717, 1.165) is 0 Å². The molecule has 0 atom stereocenters. The zero-order valence-corrected chi connectivity index (χ0v) is 10.9. The predicted octanol–water partition coefficient (Wildman–Crippen LogP) is -0.537. The Bertz CT molecular complexity index is 489. The van der Waals surface area contributed by atoms with Crippen LogP contribution in [0.15, 0.2) is 23.1 Å². The number of aromatic amines is 1. The van der Waals surface area contributed by atoms with E-state index in [-0.39, 0.29) is 17.7 Å². The third-order valence-corrected chi connectivity index (χ3v) is 2.46. The lowest BCUT2D eigenvalue weighted by Crippen LogP contribution is -2.40. The van der Waals surface area contributed by atoms with Crippen molar-refractivity contribution in [1.82, 2.24) is 14.8 Å². The first-order valence-corrected chi connectivity index (χ1v) is 5.74. The van der Waals surface area contributed by atoms with E-state index < -0.39 is 11.9 Å². The fourth-order valence-corrected chi connectivity index (χ4v) is 1.46. The molecule has 0 unspecified atom stereocenters. The molecule has 1 heterocycles. The van der Waals surface area contributed by atoms with Crippen LogP contribution in [0.5, 0.6) is 0 Å². The van der Waals surface area contributed by atoms with Gasteiger partial charge in [-0.2, -0.15) is 0 Å². The molecule has 1 amide bonds. The van der Waals surface area contributed by atoms with Crippen LogP contribution in [0.2, 0.25) is 0 Å². The predicted molar refractivity (Wildman–Crippen MR) is 69.2 cm³/mol. The first-order valence-electron chi connectivity index (χ1n) is 5.74. The van der Waals surface area contributed by atoms with Crippen LogP contribution < -0.4 is 5.56 Å². The molecule has 0 radical (unpaired) electrons. The molecule has 19 heavy (non-hydrogen) atoms. The van der Waals surface area contributed by atoms with Gasteiger partial charge in [0.2, 0.25) is 5.56 Å². The highest BCUT2D eigenvalue weighted by molar-refractivity contribution is 5.95. The Kier molecular flexibility index (Phi) is 5.25. The Balaban J connectivity index is 2.83. The Hall–Kier alpha value is -2.15. The molecule has 7 nitrogen and oxygen atoms in total. The molecule has 0 aromatic carbocycles. The van der Waals surface area contributed by atoms with Crippen LogP contribution in [0.25, 0.3) is 0 Å². The lowest BCUT2D eigenvalue weighted by Gasteiger charge is -2.22. The Labute approximate surface area is 110 Å². The molecule has 0 fully saturated rings.